The van der Waals surface area contributed by atoms with Gasteiger partial charge in [0.1, 0.15) is 7.85 Å². The topological polar surface area (TPSA) is 73.0 Å². The van der Waals surface area contributed by atoms with Crippen molar-refractivity contribution in [2.45, 2.75) is 19.4 Å². The molecule has 160 valence electrons. The number of rotatable bonds is 4. The molecule has 9 heteroatoms. The lowest BCUT2D eigenvalue weighted by Crippen LogP contribution is -2.47. The molecule has 4 rings (SSSR count). The average molecular weight is 436 g/mol. The third-order valence-electron chi connectivity index (χ3n) is 5.85. The number of likely N-dealkylation sites (N-methyl/N-ethyl adjacent to an activating group) is 1. The molecular weight excluding hydrogens is 411 g/mol. The number of carbonyl (C=O) groups excluding carboxylic acids is 3. The van der Waals surface area contributed by atoms with Gasteiger partial charge in [0.15, 0.2) is 0 Å². The number of benzene rings is 1. The van der Waals surface area contributed by atoms with Crippen LogP contribution in [0.15, 0.2) is 30.3 Å². The second kappa shape index (κ2) is 8.84. The number of hydrogen-bond acceptors (Lipinski definition) is 5. The molecule has 1 aromatic heterocycles. The maximum Gasteiger partial charge on any atom is 0.261 e. The number of nitrogens with one attached hydrogen (secondary N) is 1. The zero-order valence-corrected chi connectivity index (χ0v) is 18.6. The van der Waals surface area contributed by atoms with E-state index in [1.807, 2.05) is 24.0 Å². The van der Waals surface area contributed by atoms with E-state index in [0.29, 0.717) is 21.8 Å². The van der Waals surface area contributed by atoms with Crippen molar-refractivity contribution in [2.75, 3.05) is 44.7 Å². The Morgan fingerprint density at radius 2 is 1.87 bits per heavy atom. The molecule has 0 saturated carbocycles. The van der Waals surface area contributed by atoms with Gasteiger partial charge in [0, 0.05) is 50.4 Å². The van der Waals surface area contributed by atoms with Gasteiger partial charge in [-0.05, 0) is 48.6 Å². The number of anilines is 1. The van der Waals surface area contributed by atoms with E-state index in [1.54, 1.807) is 23.1 Å². The van der Waals surface area contributed by atoms with Gasteiger partial charge in [-0.2, -0.15) is 0 Å². The van der Waals surface area contributed by atoms with Crippen molar-refractivity contribution < 1.29 is 14.4 Å². The lowest BCUT2D eigenvalue weighted by Gasteiger charge is -2.32. The van der Waals surface area contributed by atoms with E-state index in [0.717, 1.165) is 37.4 Å². The van der Waals surface area contributed by atoms with Crippen LogP contribution in [0.1, 0.15) is 32.0 Å². The number of hydrogen-bond donors (Lipinski definition) is 1. The number of aryl methyl sites for hydroxylation is 1. The smallest absolute Gasteiger partial charge is 0.261 e. The van der Waals surface area contributed by atoms with Crippen molar-refractivity contribution in [3.63, 3.8) is 0 Å². The van der Waals surface area contributed by atoms with Gasteiger partial charge >= 0.3 is 0 Å². The van der Waals surface area contributed by atoms with E-state index >= 15 is 0 Å². The van der Waals surface area contributed by atoms with E-state index in [4.69, 9.17) is 7.85 Å². The molecule has 2 aromatic rings. The molecule has 2 aliphatic heterocycles. The molecule has 3 amide bonds. The van der Waals surface area contributed by atoms with E-state index < -0.39 is 0 Å². The minimum atomic E-state index is -0.268. The maximum absolute atomic E-state index is 12.9. The van der Waals surface area contributed by atoms with Crippen LogP contribution in [0.2, 0.25) is 0 Å². The summed E-state index contributed by atoms with van der Waals surface area (Å²) in [4.78, 5) is 44.2. The summed E-state index contributed by atoms with van der Waals surface area (Å²) in [6.07, 6.45) is 0.244. The monoisotopic (exact) mass is 436 g/mol. The molecule has 1 atom stereocenters. The summed E-state index contributed by atoms with van der Waals surface area (Å²) in [5.41, 5.74) is 2.26. The molecule has 2 saturated heterocycles. The fraction of sp³-hybridized carbons (Fsp3) is 0.409. The highest BCUT2D eigenvalue weighted by Crippen LogP contribution is 2.25. The van der Waals surface area contributed by atoms with Crippen molar-refractivity contribution >= 4 is 47.4 Å². The number of carbonyl (C=O) groups is 3. The summed E-state index contributed by atoms with van der Waals surface area (Å²) in [6, 6.07) is 8.61. The van der Waals surface area contributed by atoms with Crippen molar-refractivity contribution in [2.24, 2.45) is 0 Å². The number of nitrogens with zero attached hydrogens (tertiary/aromatic N) is 3. The molecule has 31 heavy (non-hydrogen) atoms. The van der Waals surface area contributed by atoms with E-state index in [1.165, 1.54) is 11.3 Å². The number of amides is 3. The van der Waals surface area contributed by atoms with Crippen LogP contribution >= 0.6 is 11.3 Å². The van der Waals surface area contributed by atoms with Crippen LogP contribution in [0.3, 0.4) is 0 Å². The molecule has 2 radical (unpaired) electrons. The van der Waals surface area contributed by atoms with Crippen molar-refractivity contribution in [3.8, 4) is 0 Å². The number of piperazine rings is 1. The molecule has 7 nitrogen and oxygen atoms in total. The van der Waals surface area contributed by atoms with Gasteiger partial charge in [-0.1, -0.05) is 6.07 Å². The maximum atomic E-state index is 12.9. The van der Waals surface area contributed by atoms with Crippen LogP contribution in [0.25, 0.3) is 0 Å². The Hall–Kier alpha value is -2.65. The molecule has 0 bridgehead atoms. The first-order chi connectivity index (χ1) is 14.8. The summed E-state index contributed by atoms with van der Waals surface area (Å²) >= 11 is 1.22. The average Bonchev–Trinajstić information content (AvgIpc) is 3.33. The lowest BCUT2D eigenvalue weighted by molar-refractivity contribution is -0.117. The molecule has 2 fully saturated rings. The fourth-order valence-corrected chi connectivity index (χ4v) is 4.70. The van der Waals surface area contributed by atoms with Crippen molar-refractivity contribution in [1.82, 2.24) is 15.1 Å². The largest absolute Gasteiger partial charge is 0.346 e. The molecule has 1 N–H and O–H groups in total. The van der Waals surface area contributed by atoms with Gasteiger partial charge in [0.05, 0.1) is 10.9 Å². The van der Waals surface area contributed by atoms with Gasteiger partial charge < -0.3 is 20.0 Å². The van der Waals surface area contributed by atoms with Gasteiger partial charge in [-0.15, -0.1) is 11.3 Å². The Bertz CT molecular complexity index is 1020. The van der Waals surface area contributed by atoms with Crippen LogP contribution in [0.5, 0.6) is 0 Å². The van der Waals surface area contributed by atoms with Gasteiger partial charge in [-0.3, -0.25) is 14.4 Å². The third-order valence-corrected chi connectivity index (χ3v) is 6.77. The minimum absolute atomic E-state index is 0.0326. The summed E-state index contributed by atoms with van der Waals surface area (Å²) in [5, 5.41) is 2.92. The first-order valence-corrected chi connectivity index (χ1v) is 11.2. The van der Waals surface area contributed by atoms with Crippen molar-refractivity contribution in [1.29, 1.82) is 0 Å². The minimum Gasteiger partial charge on any atom is -0.346 e. The van der Waals surface area contributed by atoms with Crippen LogP contribution in [-0.4, -0.2) is 81.2 Å². The summed E-state index contributed by atoms with van der Waals surface area (Å²) in [7, 11) is 7.75. The van der Waals surface area contributed by atoms with Crippen LogP contribution in [0.4, 0.5) is 5.69 Å². The molecular formula is C22H25BN4O3S. The normalized spacial score (nSPS) is 19.7. The number of thiophene rings is 1. The SMILES string of the molecule is [B]c1ccc(C(=O)NC2CC(=O)N(c3ccc(C(=O)N4CCN(C)CC4)c(C)c3)C2)s1. The highest BCUT2D eigenvalue weighted by molar-refractivity contribution is 7.21. The van der Waals surface area contributed by atoms with Crippen LogP contribution < -0.4 is 15.0 Å². The van der Waals surface area contributed by atoms with Gasteiger partial charge in [0.2, 0.25) is 5.91 Å². The first-order valence-electron chi connectivity index (χ1n) is 10.4. The molecule has 1 aromatic carbocycles. The third kappa shape index (κ3) is 4.67. The van der Waals surface area contributed by atoms with E-state index in [9.17, 15) is 14.4 Å². The highest BCUT2D eigenvalue weighted by atomic mass is 32.1. The summed E-state index contributed by atoms with van der Waals surface area (Å²) in [5.74, 6) is -0.232. The molecule has 1 unspecified atom stereocenters. The van der Waals surface area contributed by atoms with Crippen LogP contribution in [-0.2, 0) is 4.79 Å². The second-order valence-corrected chi connectivity index (χ2v) is 9.29. The van der Waals surface area contributed by atoms with E-state index in [-0.39, 0.29) is 30.2 Å². The summed E-state index contributed by atoms with van der Waals surface area (Å²) in [6.45, 7) is 5.48. The standard InChI is InChI=1S/C22H25BN4O3S/c1-14-11-16(3-4-17(14)22(30)26-9-7-25(2)8-10-26)27-13-15(12-20(27)28)24-21(29)18-5-6-19(23)31-18/h3-6,11,15H,7-10,12-13H2,1-2H3,(H,24,29). The fourth-order valence-electron chi connectivity index (χ4n) is 4.02. The Kier molecular flexibility index (Phi) is 6.16. The zero-order valence-electron chi connectivity index (χ0n) is 17.8. The van der Waals surface area contributed by atoms with Gasteiger partial charge in [-0.25, -0.2) is 0 Å². The van der Waals surface area contributed by atoms with Crippen molar-refractivity contribution in [3.05, 3.63) is 46.3 Å². The van der Waals surface area contributed by atoms with Gasteiger partial charge in [0.25, 0.3) is 11.8 Å². The predicted octanol–water partition coefficient (Wildman–Crippen LogP) is 0.773. The van der Waals surface area contributed by atoms with Crippen LogP contribution in [0, 0.1) is 6.92 Å². The Morgan fingerprint density at radius 3 is 2.52 bits per heavy atom. The molecule has 0 aliphatic carbocycles. The second-order valence-electron chi connectivity index (χ2n) is 8.18. The Morgan fingerprint density at radius 1 is 1.13 bits per heavy atom. The Labute approximate surface area is 187 Å². The lowest BCUT2D eigenvalue weighted by atomic mass is 10.1. The molecule has 3 heterocycles. The van der Waals surface area contributed by atoms with E-state index in [2.05, 4.69) is 17.3 Å². The predicted molar refractivity (Wildman–Crippen MR) is 123 cm³/mol. The molecule has 2 aliphatic rings. The quantitative estimate of drug-likeness (QED) is 0.719. The Balaban J connectivity index is 1.42. The highest BCUT2D eigenvalue weighted by Gasteiger charge is 2.32. The molecule has 0 spiro atoms. The zero-order chi connectivity index (χ0) is 22.1. The first kappa shape index (κ1) is 21.6. The summed E-state index contributed by atoms with van der Waals surface area (Å²) < 4.78 is 0.580.